The normalized spacial score (nSPS) is 11.2. The van der Waals surface area contributed by atoms with Crippen LogP contribution in [0.2, 0.25) is 5.02 Å². The summed E-state index contributed by atoms with van der Waals surface area (Å²) in [5.74, 6) is 0.803. The van der Waals surface area contributed by atoms with Crippen LogP contribution in [0.1, 0.15) is 16.9 Å². The number of hydrogen-bond acceptors (Lipinski definition) is 4. The van der Waals surface area contributed by atoms with Crippen molar-refractivity contribution in [3.63, 3.8) is 0 Å². The molecule has 128 valence electrons. The third-order valence-corrected chi connectivity index (χ3v) is 4.06. The molecule has 0 saturated heterocycles. The molecular weight excluding hydrogens is 352 g/mol. The Balaban J connectivity index is 1.99. The van der Waals surface area contributed by atoms with Gasteiger partial charge in [0.2, 0.25) is 0 Å². The lowest BCUT2D eigenvalue weighted by Crippen LogP contribution is -1.92. The predicted molar refractivity (Wildman–Crippen MR) is 100 cm³/mol. The Hall–Kier alpha value is -3.36. The van der Waals surface area contributed by atoms with Gasteiger partial charge in [-0.3, -0.25) is 10.1 Å². The second kappa shape index (κ2) is 7.26. The fourth-order valence-electron chi connectivity index (χ4n) is 2.53. The van der Waals surface area contributed by atoms with Gasteiger partial charge < -0.3 is 4.42 Å². The van der Waals surface area contributed by atoms with Crippen molar-refractivity contribution in [2.45, 2.75) is 6.92 Å². The lowest BCUT2D eigenvalue weighted by Gasteiger charge is -2.01. The zero-order chi connectivity index (χ0) is 18.7. The van der Waals surface area contributed by atoms with Crippen molar-refractivity contribution in [3.8, 4) is 17.4 Å². The Labute approximate surface area is 154 Å². The molecule has 2 aromatic carbocycles. The maximum absolute atomic E-state index is 11.3. The fraction of sp³-hybridized carbons (Fsp3) is 0.0500. The Morgan fingerprint density at radius 2 is 1.92 bits per heavy atom. The molecule has 3 aromatic rings. The first kappa shape index (κ1) is 17.5. The van der Waals surface area contributed by atoms with Crippen LogP contribution < -0.4 is 0 Å². The van der Waals surface area contributed by atoms with Gasteiger partial charge in [-0.1, -0.05) is 29.8 Å². The molecule has 0 bridgehead atoms. The molecule has 0 aliphatic carbocycles. The predicted octanol–water partition coefficient (Wildman–Crippen LogP) is 5.88. The first-order chi connectivity index (χ1) is 12.5. The summed E-state index contributed by atoms with van der Waals surface area (Å²) >= 11 is 5.87. The van der Waals surface area contributed by atoms with Gasteiger partial charge in [0.15, 0.2) is 0 Å². The maximum atomic E-state index is 11.3. The lowest BCUT2D eigenvalue weighted by molar-refractivity contribution is -0.384. The summed E-state index contributed by atoms with van der Waals surface area (Å²) in [5.41, 5.74) is 2.28. The Morgan fingerprint density at radius 1 is 1.19 bits per heavy atom. The van der Waals surface area contributed by atoms with E-state index in [1.54, 1.807) is 61.5 Å². The molecule has 26 heavy (non-hydrogen) atoms. The fourth-order valence-corrected chi connectivity index (χ4v) is 2.65. The summed E-state index contributed by atoms with van der Waals surface area (Å²) in [6, 6.07) is 17.3. The van der Waals surface area contributed by atoms with Gasteiger partial charge in [0.25, 0.3) is 5.69 Å². The smallest absolute Gasteiger partial charge is 0.280 e. The minimum Gasteiger partial charge on any atom is -0.456 e. The van der Waals surface area contributed by atoms with Crippen molar-refractivity contribution in [2.24, 2.45) is 0 Å². The molecule has 0 fully saturated rings. The molecule has 0 radical (unpaired) electrons. The van der Waals surface area contributed by atoms with Crippen LogP contribution in [-0.4, -0.2) is 4.92 Å². The third-order valence-electron chi connectivity index (χ3n) is 3.80. The standard InChI is InChI=1S/C20H13ClN2O3/c1-13-2-8-18(19(10-13)23(24)25)20-9-7-17(26-20)11-15(12-22)14-3-5-16(21)6-4-14/h2-11H,1H3/b15-11-. The Kier molecular flexibility index (Phi) is 4.87. The average molecular weight is 365 g/mol. The van der Waals surface area contributed by atoms with E-state index in [4.69, 9.17) is 16.0 Å². The van der Waals surface area contributed by atoms with Crippen LogP contribution in [0, 0.1) is 28.4 Å². The van der Waals surface area contributed by atoms with E-state index >= 15 is 0 Å². The van der Waals surface area contributed by atoms with E-state index in [0.717, 1.165) is 5.56 Å². The van der Waals surface area contributed by atoms with Crippen LogP contribution in [0.4, 0.5) is 5.69 Å². The summed E-state index contributed by atoms with van der Waals surface area (Å²) in [4.78, 5) is 10.9. The van der Waals surface area contributed by atoms with Crippen molar-refractivity contribution < 1.29 is 9.34 Å². The molecule has 1 aromatic heterocycles. The van der Waals surface area contributed by atoms with Crippen LogP contribution in [-0.2, 0) is 0 Å². The second-order valence-corrected chi connectivity index (χ2v) is 6.09. The van der Waals surface area contributed by atoms with E-state index < -0.39 is 4.92 Å². The second-order valence-electron chi connectivity index (χ2n) is 5.66. The number of allylic oxidation sites excluding steroid dienone is 1. The largest absolute Gasteiger partial charge is 0.456 e. The minimum atomic E-state index is -0.436. The molecular formula is C20H13ClN2O3. The number of hydrogen-bond donors (Lipinski definition) is 0. The van der Waals surface area contributed by atoms with E-state index in [2.05, 4.69) is 6.07 Å². The van der Waals surface area contributed by atoms with Gasteiger partial charge >= 0.3 is 0 Å². The third kappa shape index (κ3) is 3.66. The highest BCUT2D eigenvalue weighted by Crippen LogP contribution is 2.33. The number of nitro benzene ring substituents is 1. The molecule has 0 amide bonds. The zero-order valence-electron chi connectivity index (χ0n) is 13.8. The molecule has 6 heteroatoms. The van der Waals surface area contributed by atoms with Gasteiger partial charge in [0.05, 0.1) is 22.1 Å². The highest BCUT2D eigenvalue weighted by molar-refractivity contribution is 6.30. The van der Waals surface area contributed by atoms with E-state index in [1.807, 2.05) is 0 Å². The molecule has 0 spiro atoms. The maximum Gasteiger partial charge on any atom is 0.280 e. The zero-order valence-corrected chi connectivity index (χ0v) is 14.5. The number of halogens is 1. The van der Waals surface area contributed by atoms with Crippen molar-refractivity contribution in [3.05, 3.63) is 86.6 Å². The summed E-state index contributed by atoms with van der Waals surface area (Å²) in [5, 5.41) is 21.3. The highest BCUT2D eigenvalue weighted by atomic mass is 35.5. The van der Waals surface area contributed by atoms with Crippen LogP contribution in [0.15, 0.2) is 59.0 Å². The quantitative estimate of drug-likeness (QED) is 0.329. The van der Waals surface area contributed by atoms with Gasteiger partial charge in [-0.2, -0.15) is 5.26 Å². The van der Waals surface area contributed by atoms with E-state index in [1.165, 1.54) is 6.07 Å². The number of nitro groups is 1. The number of nitriles is 1. The first-order valence-electron chi connectivity index (χ1n) is 7.71. The van der Waals surface area contributed by atoms with Crippen molar-refractivity contribution in [1.29, 1.82) is 5.26 Å². The Morgan fingerprint density at radius 3 is 2.58 bits per heavy atom. The van der Waals surface area contributed by atoms with Gasteiger partial charge in [-0.05, 0) is 54.5 Å². The van der Waals surface area contributed by atoms with Gasteiger partial charge in [-0.15, -0.1) is 0 Å². The number of aryl methyl sites for hydroxylation is 1. The SMILES string of the molecule is Cc1ccc(-c2ccc(/C=C(/C#N)c3ccc(Cl)cc3)o2)c([N+](=O)[O-])c1. The number of furan rings is 1. The van der Waals surface area contributed by atoms with E-state index in [9.17, 15) is 15.4 Å². The van der Waals surface area contributed by atoms with Crippen LogP contribution in [0.5, 0.6) is 0 Å². The number of nitrogens with zero attached hydrogens (tertiary/aromatic N) is 2. The number of benzene rings is 2. The van der Waals surface area contributed by atoms with Crippen LogP contribution in [0.3, 0.4) is 0 Å². The number of rotatable bonds is 4. The van der Waals surface area contributed by atoms with Crippen molar-refractivity contribution in [2.75, 3.05) is 0 Å². The molecule has 3 rings (SSSR count). The topological polar surface area (TPSA) is 80.1 Å². The highest BCUT2D eigenvalue weighted by Gasteiger charge is 2.18. The summed E-state index contributed by atoms with van der Waals surface area (Å²) in [6.45, 7) is 1.79. The molecule has 0 saturated carbocycles. The molecule has 0 aliphatic heterocycles. The van der Waals surface area contributed by atoms with E-state index in [0.29, 0.717) is 33.2 Å². The minimum absolute atomic E-state index is 0.0203. The molecule has 1 heterocycles. The van der Waals surface area contributed by atoms with Crippen LogP contribution >= 0.6 is 11.6 Å². The Bertz CT molecular complexity index is 1040. The summed E-state index contributed by atoms with van der Waals surface area (Å²) in [6.07, 6.45) is 1.59. The summed E-state index contributed by atoms with van der Waals surface area (Å²) in [7, 11) is 0. The lowest BCUT2D eigenvalue weighted by atomic mass is 10.1. The average Bonchev–Trinajstić information content (AvgIpc) is 3.09. The molecule has 0 N–H and O–H groups in total. The van der Waals surface area contributed by atoms with E-state index in [-0.39, 0.29) is 5.69 Å². The monoisotopic (exact) mass is 364 g/mol. The molecule has 0 aliphatic rings. The molecule has 5 nitrogen and oxygen atoms in total. The van der Waals surface area contributed by atoms with Gasteiger partial charge in [-0.25, -0.2) is 0 Å². The van der Waals surface area contributed by atoms with Gasteiger partial charge in [0.1, 0.15) is 11.5 Å². The summed E-state index contributed by atoms with van der Waals surface area (Å²) < 4.78 is 5.72. The van der Waals surface area contributed by atoms with Gasteiger partial charge in [0, 0.05) is 11.1 Å². The van der Waals surface area contributed by atoms with Crippen molar-refractivity contribution >= 4 is 28.9 Å². The first-order valence-corrected chi connectivity index (χ1v) is 8.08. The molecule has 0 unspecified atom stereocenters. The van der Waals surface area contributed by atoms with Crippen LogP contribution in [0.25, 0.3) is 23.0 Å². The molecule has 0 atom stereocenters. The van der Waals surface area contributed by atoms with Crippen molar-refractivity contribution in [1.82, 2.24) is 0 Å².